The van der Waals surface area contributed by atoms with Gasteiger partial charge >= 0.3 is 0 Å². The maximum absolute atomic E-state index is 12.2. The number of nitrogens with zero attached hydrogens (tertiary/aromatic N) is 2. The lowest BCUT2D eigenvalue weighted by Crippen LogP contribution is -2.55. The maximum Gasteiger partial charge on any atom is 0.261 e. The Bertz CT molecular complexity index is 643. The van der Waals surface area contributed by atoms with E-state index in [1.165, 1.54) is 9.91 Å². The Hall–Kier alpha value is -2.82. The SMILES string of the molecule is O=C1CN(c2ccccc2)C(=O)CN1Nc1ccccc1. The number of piperazine rings is 1. The summed E-state index contributed by atoms with van der Waals surface area (Å²) in [6.07, 6.45) is 0. The molecule has 5 heteroatoms. The van der Waals surface area contributed by atoms with Gasteiger partial charge in [0.2, 0.25) is 5.91 Å². The highest BCUT2D eigenvalue weighted by Crippen LogP contribution is 2.18. The van der Waals surface area contributed by atoms with Crippen molar-refractivity contribution >= 4 is 23.2 Å². The van der Waals surface area contributed by atoms with Crippen LogP contribution in [0.2, 0.25) is 0 Å². The first-order valence-corrected chi connectivity index (χ1v) is 6.71. The van der Waals surface area contributed by atoms with E-state index in [1.807, 2.05) is 60.7 Å². The van der Waals surface area contributed by atoms with Crippen LogP contribution in [0, 0.1) is 0 Å². The molecule has 21 heavy (non-hydrogen) atoms. The molecule has 0 aromatic heterocycles. The molecule has 0 unspecified atom stereocenters. The Labute approximate surface area is 122 Å². The summed E-state index contributed by atoms with van der Waals surface area (Å²) < 4.78 is 0. The molecule has 1 aliphatic rings. The molecule has 1 N–H and O–H groups in total. The van der Waals surface area contributed by atoms with Crippen molar-refractivity contribution in [3.8, 4) is 0 Å². The molecule has 1 heterocycles. The molecule has 1 saturated heterocycles. The fraction of sp³-hybridized carbons (Fsp3) is 0.125. The zero-order valence-corrected chi connectivity index (χ0v) is 11.4. The third-order valence-electron chi connectivity index (χ3n) is 3.29. The van der Waals surface area contributed by atoms with Crippen molar-refractivity contribution in [3.05, 3.63) is 60.7 Å². The molecular formula is C16H15N3O2. The highest BCUT2D eigenvalue weighted by Gasteiger charge is 2.30. The van der Waals surface area contributed by atoms with Crippen molar-refractivity contribution < 1.29 is 9.59 Å². The minimum absolute atomic E-state index is 0.0165. The largest absolute Gasteiger partial charge is 0.301 e. The monoisotopic (exact) mass is 281 g/mol. The van der Waals surface area contributed by atoms with Gasteiger partial charge in [-0.25, -0.2) is 5.01 Å². The standard InChI is InChI=1S/C16H15N3O2/c20-15-12-19(17-13-7-3-1-4-8-13)16(21)11-18(15)14-9-5-2-6-10-14/h1-10,17H,11-12H2. The van der Waals surface area contributed by atoms with Gasteiger partial charge < -0.3 is 4.90 Å². The number of hydrazine groups is 1. The van der Waals surface area contributed by atoms with E-state index in [0.29, 0.717) is 0 Å². The van der Waals surface area contributed by atoms with Crippen molar-refractivity contribution in [2.45, 2.75) is 0 Å². The van der Waals surface area contributed by atoms with E-state index in [9.17, 15) is 9.59 Å². The first-order chi connectivity index (χ1) is 10.2. The zero-order chi connectivity index (χ0) is 14.7. The minimum Gasteiger partial charge on any atom is -0.301 e. The third kappa shape index (κ3) is 2.86. The van der Waals surface area contributed by atoms with Crippen LogP contribution >= 0.6 is 0 Å². The number of hydrogen-bond acceptors (Lipinski definition) is 3. The first kappa shape index (κ1) is 13.2. The van der Waals surface area contributed by atoms with Crippen LogP contribution < -0.4 is 10.3 Å². The van der Waals surface area contributed by atoms with Gasteiger partial charge in [0.15, 0.2) is 0 Å². The zero-order valence-electron chi connectivity index (χ0n) is 11.4. The molecule has 0 spiro atoms. The van der Waals surface area contributed by atoms with Crippen molar-refractivity contribution in [2.24, 2.45) is 0 Å². The Kier molecular flexibility index (Phi) is 3.55. The second-order valence-electron chi connectivity index (χ2n) is 4.77. The highest BCUT2D eigenvalue weighted by atomic mass is 16.2. The van der Waals surface area contributed by atoms with Gasteiger partial charge in [-0.05, 0) is 24.3 Å². The maximum atomic E-state index is 12.2. The number of carbonyl (C=O) groups excluding carboxylic acids is 2. The van der Waals surface area contributed by atoms with E-state index in [2.05, 4.69) is 5.43 Å². The Balaban J connectivity index is 1.73. The van der Waals surface area contributed by atoms with Gasteiger partial charge in [-0.3, -0.25) is 15.0 Å². The third-order valence-corrected chi connectivity index (χ3v) is 3.29. The normalized spacial score (nSPS) is 15.2. The number of benzene rings is 2. The predicted octanol–water partition coefficient (Wildman–Crippen LogP) is 1.89. The Morgan fingerprint density at radius 1 is 0.762 bits per heavy atom. The summed E-state index contributed by atoms with van der Waals surface area (Å²) in [5, 5.41) is 1.36. The van der Waals surface area contributed by atoms with Gasteiger partial charge in [0.05, 0.1) is 5.69 Å². The summed E-state index contributed by atoms with van der Waals surface area (Å²) in [7, 11) is 0. The molecule has 0 radical (unpaired) electrons. The van der Waals surface area contributed by atoms with Gasteiger partial charge in [-0.1, -0.05) is 36.4 Å². The van der Waals surface area contributed by atoms with E-state index < -0.39 is 0 Å². The molecule has 2 aromatic rings. The van der Waals surface area contributed by atoms with Crippen LogP contribution in [0.15, 0.2) is 60.7 Å². The van der Waals surface area contributed by atoms with Gasteiger partial charge in [0.1, 0.15) is 13.1 Å². The summed E-state index contributed by atoms with van der Waals surface area (Å²) in [5.74, 6) is -0.244. The van der Waals surface area contributed by atoms with Gasteiger partial charge in [0, 0.05) is 5.69 Å². The van der Waals surface area contributed by atoms with Crippen LogP contribution in [0.5, 0.6) is 0 Å². The molecule has 2 aromatic carbocycles. The summed E-state index contributed by atoms with van der Waals surface area (Å²) >= 11 is 0. The smallest absolute Gasteiger partial charge is 0.261 e. The van der Waals surface area contributed by atoms with E-state index in [1.54, 1.807) is 0 Å². The number of rotatable bonds is 3. The number of carbonyl (C=O) groups is 2. The molecular weight excluding hydrogens is 266 g/mol. The van der Waals surface area contributed by atoms with E-state index in [-0.39, 0.29) is 24.9 Å². The summed E-state index contributed by atoms with van der Waals surface area (Å²) in [6.45, 7) is 0.0608. The van der Waals surface area contributed by atoms with Crippen molar-refractivity contribution in [2.75, 3.05) is 23.4 Å². The van der Waals surface area contributed by atoms with Crippen molar-refractivity contribution in [1.82, 2.24) is 5.01 Å². The molecule has 0 atom stereocenters. The van der Waals surface area contributed by atoms with Crippen LogP contribution in [-0.2, 0) is 9.59 Å². The average Bonchev–Trinajstić information content (AvgIpc) is 2.52. The Morgan fingerprint density at radius 3 is 2.05 bits per heavy atom. The van der Waals surface area contributed by atoms with Gasteiger partial charge in [-0.15, -0.1) is 0 Å². The fourth-order valence-corrected chi connectivity index (χ4v) is 2.23. The minimum atomic E-state index is -0.137. The lowest BCUT2D eigenvalue weighted by atomic mass is 10.2. The molecule has 1 aliphatic heterocycles. The number of amides is 2. The molecule has 0 saturated carbocycles. The molecule has 5 nitrogen and oxygen atoms in total. The lowest BCUT2D eigenvalue weighted by Gasteiger charge is -2.34. The molecule has 106 valence electrons. The summed E-state index contributed by atoms with van der Waals surface area (Å²) in [5.41, 5.74) is 4.50. The lowest BCUT2D eigenvalue weighted by molar-refractivity contribution is -0.136. The van der Waals surface area contributed by atoms with Crippen LogP contribution in [0.25, 0.3) is 0 Å². The second kappa shape index (κ2) is 5.66. The van der Waals surface area contributed by atoms with E-state index >= 15 is 0 Å². The van der Waals surface area contributed by atoms with Crippen LogP contribution in [0.4, 0.5) is 11.4 Å². The van der Waals surface area contributed by atoms with Crippen molar-refractivity contribution in [3.63, 3.8) is 0 Å². The number of nitrogens with one attached hydrogen (secondary N) is 1. The van der Waals surface area contributed by atoms with Gasteiger partial charge in [-0.2, -0.15) is 0 Å². The fourth-order valence-electron chi connectivity index (χ4n) is 2.23. The molecule has 1 fully saturated rings. The van der Waals surface area contributed by atoms with Crippen LogP contribution in [-0.4, -0.2) is 29.9 Å². The van der Waals surface area contributed by atoms with Crippen LogP contribution in [0.1, 0.15) is 0 Å². The quantitative estimate of drug-likeness (QED) is 0.934. The molecule has 3 rings (SSSR count). The number of para-hydroxylation sites is 2. The predicted molar refractivity (Wildman–Crippen MR) is 80.6 cm³/mol. The number of anilines is 2. The number of hydrogen-bond donors (Lipinski definition) is 1. The first-order valence-electron chi connectivity index (χ1n) is 6.71. The molecule has 0 bridgehead atoms. The highest BCUT2D eigenvalue weighted by molar-refractivity contribution is 6.04. The summed E-state index contributed by atoms with van der Waals surface area (Å²) in [6, 6.07) is 18.6. The van der Waals surface area contributed by atoms with E-state index in [4.69, 9.17) is 0 Å². The average molecular weight is 281 g/mol. The van der Waals surface area contributed by atoms with Gasteiger partial charge in [0.25, 0.3) is 5.91 Å². The van der Waals surface area contributed by atoms with Crippen LogP contribution in [0.3, 0.4) is 0 Å². The summed E-state index contributed by atoms with van der Waals surface area (Å²) in [4.78, 5) is 25.9. The second-order valence-corrected chi connectivity index (χ2v) is 4.77. The molecule has 0 aliphatic carbocycles. The Morgan fingerprint density at radius 2 is 1.38 bits per heavy atom. The van der Waals surface area contributed by atoms with Crippen molar-refractivity contribution in [1.29, 1.82) is 0 Å². The topological polar surface area (TPSA) is 52.7 Å². The molecule has 2 amide bonds. The van der Waals surface area contributed by atoms with E-state index in [0.717, 1.165) is 11.4 Å².